The summed E-state index contributed by atoms with van der Waals surface area (Å²) in [7, 11) is 0. The van der Waals surface area contributed by atoms with Gasteiger partial charge in [0.05, 0.1) is 5.52 Å². The highest BCUT2D eigenvalue weighted by Gasteiger charge is 2.07. The number of hydrogen-bond donors (Lipinski definition) is 0. The molecule has 3 rings (SSSR count). The molecule has 0 aliphatic heterocycles. The summed E-state index contributed by atoms with van der Waals surface area (Å²) >= 11 is 6.27. The maximum atomic E-state index is 6.27. The molecule has 0 aliphatic carbocycles. The standard InChI is InChI=1S/C17H15ClN2O/c1-2-6-16-19-15-10-9-13(11-14(15)17(18)20-16)21-12-7-4-3-5-8-12/h3-5,7-11H,2,6H2,1H3. The van der Waals surface area contributed by atoms with Crippen LogP contribution in [0.5, 0.6) is 11.5 Å². The topological polar surface area (TPSA) is 35.0 Å². The minimum atomic E-state index is 0.474. The van der Waals surface area contributed by atoms with Crippen molar-refractivity contribution in [1.82, 2.24) is 9.97 Å². The van der Waals surface area contributed by atoms with E-state index in [0.29, 0.717) is 5.15 Å². The summed E-state index contributed by atoms with van der Waals surface area (Å²) in [4.78, 5) is 8.86. The number of halogens is 1. The van der Waals surface area contributed by atoms with E-state index in [0.717, 1.165) is 41.1 Å². The molecule has 2 aromatic carbocycles. The van der Waals surface area contributed by atoms with Gasteiger partial charge in [-0.25, -0.2) is 9.97 Å². The van der Waals surface area contributed by atoms with E-state index in [-0.39, 0.29) is 0 Å². The van der Waals surface area contributed by atoms with Crippen LogP contribution in [0, 0.1) is 0 Å². The van der Waals surface area contributed by atoms with Gasteiger partial charge >= 0.3 is 0 Å². The third kappa shape index (κ3) is 3.14. The van der Waals surface area contributed by atoms with E-state index < -0.39 is 0 Å². The van der Waals surface area contributed by atoms with E-state index in [9.17, 15) is 0 Å². The molecular weight excluding hydrogens is 284 g/mol. The molecule has 1 aromatic heterocycles. The van der Waals surface area contributed by atoms with Crippen molar-refractivity contribution < 1.29 is 4.74 Å². The van der Waals surface area contributed by atoms with Gasteiger partial charge in [-0.05, 0) is 36.8 Å². The molecule has 0 saturated heterocycles. The molecule has 0 atom stereocenters. The van der Waals surface area contributed by atoms with Crippen LogP contribution in [0.4, 0.5) is 0 Å². The Labute approximate surface area is 128 Å². The second-order valence-corrected chi connectivity index (χ2v) is 5.13. The number of para-hydroxylation sites is 1. The van der Waals surface area contributed by atoms with Crippen molar-refractivity contribution in [3.8, 4) is 11.5 Å². The summed E-state index contributed by atoms with van der Waals surface area (Å²) in [6, 6.07) is 15.3. The number of fused-ring (bicyclic) bond motifs is 1. The van der Waals surface area contributed by atoms with Crippen molar-refractivity contribution in [1.29, 1.82) is 0 Å². The Morgan fingerprint density at radius 2 is 1.81 bits per heavy atom. The molecule has 0 aliphatic rings. The minimum absolute atomic E-state index is 0.474. The van der Waals surface area contributed by atoms with Crippen molar-refractivity contribution >= 4 is 22.5 Å². The first-order valence-corrected chi connectivity index (χ1v) is 7.33. The van der Waals surface area contributed by atoms with Gasteiger partial charge in [-0.1, -0.05) is 36.7 Å². The number of aryl methyl sites for hydroxylation is 1. The monoisotopic (exact) mass is 298 g/mol. The molecule has 4 heteroatoms. The summed E-state index contributed by atoms with van der Waals surface area (Å²) < 4.78 is 5.80. The van der Waals surface area contributed by atoms with Gasteiger partial charge in [0, 0.05) is 11.8 Å². The molecule has 0 saturated carbocycles. The van der Waals surface area contributed by atoms with E-state index in [1.54, 1.807) is 0 Å². The van der Waals surface area contributed by atoms with Gasteiger partial charge in [0.25, 0.3) is 0 Å². The predicted molar refractivity (Wildman–Crippen MR) is 85.1 cm³/mol. The minimum Gasteiger partial charge on any atom is -0.457 e. The zero-order chi connectivity index (χ0) is 14.7. The van der Waals surface area contributed by atoms with Crippen LogP contribution >= 0.6 is 11.6 Å². The fraction of sp³-hybridized carbons (Fsp3) is 0.176. The molecule has 0 bridgehead atoms. The van der Waals surface area contributed by atoms with E-state index in [4.69, 9.17) is 16.3 Å². The van der Waals surface area contributed by atoms with Gasteiger partial charge in [0.2, 0.25) is 0 Å². The van der Waals surface area contributed by atoms with E-state index in [1.165, 1.54) is 0 Å². The molecule has 0 spiro atoms. The Kier molecular flexibility index (Phi) is 4.02. The number of benzene rings is 2. The summed E-state index contributed by atoms with van der Waals surface area (Å²) in [5, 5.41) is 1.28. The van der Waals surface area contributed by atoms with Gasteiger partial charge in [0.15, 0.2) is 0 Å². The first kappa shape index (κ1) is 13.8. The number of rotatable bonds is 4. The Morgan fingerprint density at radius 1 is 1.00 bits per heavy atom. The lowest BCUT2D eigenvalue weighted by Gasteiger charge is -2.08. The Hall–Kier alpha value is -2.13. The number of ether oxygens (including phenoxy) is 1. The molecular formula is C17H15ClN2O. The summed E-state index contributed by atoms with van der Waals surface area (Å²) in [6.07, 6.45) is 1.83. The summed E-state index contributed by atoms with van der Waals surface area (Å²) in [5.74, 6) is 2.30. The number of nitrogens with zero attached hydrogens (tertiary/aromatic N) is 2. The fourth-order valence-electron chi connectivity index (χ4n) is 2.14. The number of aromatic nitrogens is 2. The maximum absolute atomic E-state index is 6.27. The smallest absolute Gasteiger partial charge is 0.140 e. The van der Waals surface area contributed by atoms with Crippen LogP contribution in [0.15, 0.2) is 48.5 Å². The highest BCUT2D eigenvalue weighted by atomic mass is 35.5. The Bertz CT molecular complexity index is 759. The molecule has 0 N–H and O–H groups in total. The van der Waals surface area contributed by atoms with Crippen molar-refractivity contribution in [2.75, 3.05) is 0 Å². The quantitative estimate of drug-likeness (QED) is 0.634. The SMILES string of the molecule is CCCc1nc(Cl)c2cc(Oc3ccccc3)ccc2n1. The second-order valence-electron chi connectivity index (χ2n) is 4.77. The number of hydrogen-bond acceptors (Lipinski definition) is 3. The van der Waals surface area contributed by atoms with E-state index >= 15 is 0 Å². The largest absolute Gasteiger partial charge is 0.457 e. The highest BCUT2D eigenvalue weighted by molar-refractivity contribution is 6.34. The van der Waals surface area contributed by atoms with Crippen LogP contribution in [-0.2, 0) is 6.42 Å². The first-order valence-electron chi connectivity index (χ1n) is 6.95. The van der Waals surface area contributed by atoms with Gasteiger partial charge < -0.3 is 4.74 Å². The van der Waals surface area contributed by atoms with Gasteiger partial charge in [-0.3, -0.25) is 0 Å². The zero-order valence-corrected chi connectivity index (χ0v) is 12.5. The second kappa shape index (κ2) is 6.10. The summed E-state index contributed by atoms with van der Waals surface area (Å²) in [5.41, 5.74) is 0.846. The molecule has 21 heavy (non-hydrogen) atoms. The summed E-state index contributed by atoms with van der Waals surface area (Å²) in [6.45, 7) is 2.10. The third-order valence-electron chi connectivity index (χ3n) is 3.12. The molecule has 3 aromatic rings. The van der Waals surface area contributed by atoms with Gasteiger partial charge in [-0.2, -0.15) is 0 Å². The maximum Gasteiger partial charge on any atom is 0.140 e. The van der Waals surface area contributed by atoms with Crippen LogP contribution in [0.1, 0.15) is 19.2 Å². The zero-order valence-electron chi connectivity index (χ0n) is 11.7. The molecule has 3 nitrogen and oxygen atoms in total. The van der Waals surface area contributed by atoms with Crippen molar-refractivity contribution in [2.24, 2.45) is 0 Å². The third-order valence-corrected chi connectivity index (χ3v) is 3.41. The van der Waals surface area contributed by atoms with Crippen LogP contribution < -0.4 is 4.74 Å². The molecule has 0 radical (unpaired) electrons. The Morgan fingerprint density at radius 3 is 2.57 bits per heavy atom. The van der Waals surface area contributed by atoms with Crippen molar-refractivity contribution in [3.05, 3.63) is 59.5 Å². The van der Waals surface area contributed by atoms with Crippen molar-refractivity contribution in [2.45, 2.75) is 19.8 Å². The lowest BCUT2D eigenvalue weighted by molar-refractivity contribution is 0.483. The predicted octanol–water partition coefficient (Wildman–Crippen LogP) is 5.03. The molecule has 0 fully saturated rings. The normalized spacial score (nSPS) is 10.8. The van der Waals surface area contributed by atoms with Gasteiger partial charge in [-0.15, -0.1) is 0 Å². The highest BCUT2D eigenvalue weighted by Crippen LogP contribution is 2.28. The van der Waals surface area contributed by atoms with Crippen LogP contribution in [0.25, 0.3) is 10.9 Å². The Balaban J connectivity index is 1.96. The van der Waals surface area contributed by atoms with Crippen LogP contribution in [-0.4, -0.2) is 9.97 Å². The van der Waals surface area contributed by atoms with E-state index in [1.807, 2.05) is 48.5 Å². The molecule has 1 heterocycles. The fourth-order valence-corrected chi connectivity index (χ4v) is 2.39. The lowest BCUT2D eigenvalue weighted by Crippen LogP contribution is -1.96. The molecule has 0 amide bonds. The molecule has 106 valence electrons. The lowest BCUT2D eigenvalue weighted by atomic mass is 10.2. The van der Waals surface area contributed by atoms with Crippen LogP contribution in [0.2, 0.25) is 5.15 Å². The average Bonchev–Trinajstić information content (AvgIpc) is 2.49. The van der Waals surface area contributed by atoms with Crippen molar-refractivity contribution in [3.63, 3.8) is 0 Å². The first-order chi connectivity index (χ1) is 10.3. The van der Waals surface area contributed by atoms with Gasteiger partial charge in [0.1, 0.15) is 22.5 Å². The van der Waals surface area contributed by atoms with E-state index in [2.05, 4.69) is 16.9 Å². The van der Waals surface area contributed by atoms with Crippen LogP contribution in [0.3, 0.4) is 0 Å². The molecule has 0 unspecified atom stereocenters. The average molecular weight is 299 g/mol.